The first-order valence-corrected chi connectivity index (χ1v) is 16.7. The van der Waals surface area contributed by atoms with E-state index >= 15 is 0 Å². The van der Waals surface area contributed by atoms with Crippen LogP contribution in [-0.2, 0) is 6.42 Å². The molecule has 4 aromatic rings. The molecule has 0 amide bonds. The molecule has 0 radical (unpaired) electrons. The lowest BCUT2D eigenvalue weighted by Crippen LogP contribution is -2.23. The van der Waals surface area contributed by atoms with E-state index in [4.69, 9.17) is 0 Å². The highest BCUT2D eigenvalue weighted by molar-refractivity contribution is 5.45. The summed E-state index contributed by atoms with van der Waals surface area (Å²) in [5, 5.41) is 22.6. The molecule has 0 saturated heterocycles. The second-order valence-electron chi connectivity index (χ2n) is 13.5. The lowest BCUT2D eigenvalue weighted by Gasteiger charge is -2.37. The summed E-state index contributed by atoms with van der Waals surface area (Å²) in [6.07, 6.45) is 10.4. The van der Waals surface area contributed by atoms with Crippen molar-refractivity contribution in [2.24, 2.45) is 11.8 Å². The topological polar surface area (TPSA) is 40.5 Å². The van der Waals surface area contributed by atoms with Gasteiger partial charge in [0.25, 0.3) is 0 Å². The van der Waals surface area contributed by atoms with Gasteiger partial charge >= 0.3 is 0 Å². The van der Waals surface area contributed by atoms with Crippen molar-refractivity contribution in [1.29, 1.82) is 0 Å². The first kappa shape index (κ1) is 29.5. The van der Waals surface area contributed by atoms with Gasteiger partial charge in [-0.25, -0.2) is 0 Å². The normalized spacial score (nSPS) is 23.9. The number of hydrogen-bond donors (Lipinski definition) is 2. The lowest BCUT2D eigenvalue weighted by molar-refractivity contribution is 0.265. The van der Waals surface area contributed by atoms with Crippen molar-refractivity contribution in [3.63, 3.8) is 0 Å². The van der Waals surface area contributed by atoms with E-state index < -0.39 is 0 Å². The highest BCUT2D eigenvalue weighted by Crippen LogP contribution is 2.49. The number of aromatic hydroxyl groups is 2. The van der Waals surface area contributed by atoms with Crippen LogP contribution in [0.2, 0.25) is 0 Å². The van der Waals surface area contributed by atoms with Crippen LogP contribution in [0.15, 0.2) is 97.1 Å². The molecule has 2 N–H and O–H groups in total. The maximum atomic E-state index is 11.3. The number of rotatable bonds is 8. The van der Waals surface area contributed by atoms with Crippen molar-refractivity contribution in [2.45, 2.75) is 95.3 Å². The SMILES string of the molecule is CC(c1ccccc1)C1CCCCC1c1ccc(Cc2ccc(C3CCCCC3C(C)c3ccccc3)c(O)c2)cc1O. The van der Waals surface area contributed by atoms with Gasteiger partial charge in [0.2, 0.25) is 0 Å². The van der Waals surface area contributed by atoms with Gasteiger partial charge in [-0.2, -0.15) is 0 Å². The van der Waals surface area contributed by atoms with Crippen LogP contribution < -0.4 is 0 Å². The molecule has 2 aliphatic carbocycles. The summed E-state index contributed by atoms with van der Waals surface area (Å²) in [4.78, 5) is 0. The average Bonchev–Trinajstić information content (AvgIpc) is 3.05. The van der Waals surface area contributed by atoms with Gasteiger partial charge in [0.05, 0.1) is 0 Å². The third-order valence-corrected chi connectivity index (χ3v) is 11.0. The van der Waals surface area contributed by atoms with Gasteiger partial charge in [0, 0.05) is 0 Å². The van der Waals surface area contributed by atoms with Gasteiger partial charge in [-0.05, 0) is 113 Å². The van der Waals surface area contributed by atoms with E-state index in [-0.39, 0.29) is 0 Å². The van der Waals surface area contributed by atoms with E-state index in [9.17, 15) is 10.2 Å². The molecular weight excluding hydrogens is 524 g/mol. The van der Waals surface area contributed by atoms with E-state index in [1.165, 1.54) is 49.7 Å². The fraction of sp³-hybridized carbons (Fsp3) is 0.415. The number of phenolic OH excluding ortho intramolecular Hbond substituents is 2. The number of benzene rings is 4. The van der Waals surface area contributed by atoms with Crippen LogP contribution in [0.1, 0.15) is 122 Å². The van der Waals surface area contributed by atoms with Crippen molar-refractivity contribution in [2.75, 3.05) is 0 Å². The summed E-state index contributed by atoms with van der Waals surface area (Å²) in [7, 11) is 0. The van der Waals surface area contributed by atoms with Gasteiger partial charge in [0.1, 0.15) is 11.5 Å². The Morgan fingerprint density at radius 1 is 0.535 bits per heavy atom. The molecule has 6 rings (SSSR count). The number of hydrogen-bond acceptors (Lipinski definition) is 2. The maximum absolute atomic E-state index is 11.3. The highest BCUT2D eigenvalue weighted by atomic mass is 16.3. The summed E-state index contributed by atoms with van der Waals surface area (Å²) in [5.41, 5.74) is 7.17. The summed E-state index contributed by atoms with van der Waals surface area (Å²) < 4.78 is 0. The third kappa shape index (κ3) is 6.54. The molecule has 0 heterocycles. The Morgan fingerprint density at radius 2 is 0.930 bits per heavy atom. The molecule has 2 aliphatic rings. The van der Waals surface area contributed by atoms with Gasteiger partial charge in [-0.3, -0.25) is 0 Å². The molecule has 4 aromatic carbocycles. The zero-order valence-electron chi connectivity index (χ0n) is 26.0. The number of phenols is 2. The lowest BCUT2D eigenvalue weighted by atomic mass is 9.68. The van der Waals surface area contributed by atoms with Crippen molar-refractivity contribution < 1.29 is 10.2 Å². The van der Waals surface area contributed by atoms with Gasteiger partial charge in [-0.15, -0.1) is 0 Å². The Morgan fingerprint density at radius 3 is 1.33 bits per heavy atom. The van der Waals surface area contributed by atoms with Crippen molar-refractivity contribution >= 4 is 0 Å². The summed E-state index contributed by atoms with van der Waals surface area (Å²) in [6.45, 7) is 4.72. The maximum Gasteiger partial charge on any atom is 0.119 e. The Labute approximate surface area is 258 Å². The van der Waals surface area contributed by atoms with Gasteiger partial charge < -0.3 is 10.2 Å². The largest absolute Gasteiger partial charge is 0.508 e. The van der Waals surface area contributed by atoms with Crippen LogP contribution >= 0.6 is 0 Å². The van der Waals surface area contributed by atoms with Crippen molar-refractivity contribution in [3.8, 4) is 11.5 Å². The first-order valence-electron chi connectivity index (χ1n) is 16.7. The molecule has 43 heavy (non-hydrogen) atoms. The van der Waals surface area contributed by atoms with E-state index in [1.54, 1.807) is 0 Å². The van der Waals surface area contributed by atoms with Crippen molar-refractivity contribution in [1.82, 2.24) is 0 Å². The fourth-order valence-corrected chi connectivity index (χ4v) is 8.56. The van der Waals surface area contributed by atoms with Gasteiger partial charge in [-0.1, -0.05) is 124 Å². The zero-order valence-corrected chi connectivity index (χ0v) is 26.0. The van der Waals surface area contributed by atoms with Crippen LogP contribution in [0, 0.1) is 11.8 Å². The van der Waals surface area contributed by atoms with Crippen LogP contribution in [0.4, 0.5) is 0 Å². The average molecular weight is 573 g/mol. The smallest absolute Gasteiger partial charge is 0.119 e. The second kappa shape index (κ2) is 13.4. The molecule has 6 unspecified atom stereocenters. The highest BCUT2D eigenvalue weighted by Gasteiger charge is 2.34. The Bertz CT molecular complexity index is 1360. The molecule has 0 bridgehead atoms. The van der Waals surface area contributed by atoms with Crippen LogP contribution in [0.25, 0.3) is 0 Å². The monoisotopic (exact) mass is 572 g/mol. The minimum absolute atomic E-state index is 0.378. The second-order valence-corrected chi connectivity index (χ2v) is 13.5. The molecule has 0 spiro atoms. The predicted molar refractivity (Wildman–Crippen MR) is 178 cm³/mol. The Kier molecular flexibility index (Phi) is 9.22. The molecule has 0 aliphatic heterocycles. The summed E-state index contributed by atoms with van der Waals surface area (Å²) >= 11 is 0. The van der Waals surface area contributed by atoms with Crippen LogP contribution in [-0.4, -0.2) is 10.2 Å². The molecule has 2 fully saturated rings. The first-order chi connectivity index (χ1) is 21.0. The summed E-state index contributed by atoms with van der Waals surface area (Å²) in [6, 6.07) is 34.4. The molecular formula is C41H48O2. The van der Waals surface area contributed by atoms with E-state index in [1.807, 2.05) is 12.1 Å². The van der Waals surface area contributed by atoms with Crippen LogP contribution in [0.5, 0.6) is 11.5 Å². The third-order valence-electron chi connectivity index (χ3n) is 11.0. The quantitative estimate of drug-likeness (QED) is 0.220. The molecule has 6 atom stereocenters. The molecule has 2 nitrogen and oxygen atoms in total. The standard InChI is InChI=1S/C41H48O2/c1-28(32-13-5-3-6-14-32)34-17-9-11-19-36(34)38-23-21-30(26-40(38)42)25-31-22-24-39(41(43)27-31)37-20-12-10-18-35(37)29(2)33-15-7-4-8-16-33/h3-8,13-16,21-24,26-29,34-37,42-43H,9-12,17-20,25H2,1-2H3. The Hall–Kier alpha value is -3.52. The zero-order chi connectivity index (χ0) is 29.8. The van der Waals surface area contributed by atoms with E-state index in [0.29, 0.717) is 53.4 Å². The fourth-order valence-electron chi connectivity index (χ4n) is 8.56. The van der Waals surface area contributed by atoms with E-state index in [0.717, 1.165) is 35.1 Å². The Balaban J connectivity index is 1.18. The van der Waals surface area contributed by atoms with Crippen molar-refractivity contribution in [3.05, 3.63) is 130 Å². The minimum Gasteiger partial charge on any atom is -0.508 e. The molecule has 0 aromatic heterocycles. The predicted octanol–water partition coefficient (Wildman–Crippen LogP) is 10.8. The van der Waals surface area contributed by atoms with E-state index in [2.05, 4.69) is 98.8 Å². The molecule has 2 heteroatoms. The van der Waals surface area contributed by atoms with Gasteiger partial charge in [0.15, 0.2) is 0 Å². The minimum atomic E-state index is 0.378. The van der Waals surface area contributed by atoms with Crippen LogP contribution in [0.3, 0.4) is 0 Å². The summed E-state index contributed by atoms with van der Waals surface area (Å²) in [5.74, 6) is 3.60. The molecule has 224 valence electrons. The molecule has 2 saturated carbocycles.